The Morgan fingerprint density at radius 3 is 2.47 bits per heavy atom. The van der Waals surface area contributed by atoms with E-state index in [1.54, 1.807) is 19.1 Å². The van der Waals surface area contributed by atoms with Crippen LogP contribution < -0.4 is 15.4 Å². The molecule has 0 spiro atoms. The Kier molecular flexibility index (Phi) is 5.62. The van der Waals surface area contributed by atoms with E-state index in [0.717, 1.165) is 25.2 Å². The summed E-state index contributed by atoms with van der Waals surface area (Å²) >= 11 is 0. The van der Waals surface area contributed by atoms with Gasteiger partial charge in [-0.2, -0.15) is 0 Å². The fraction of sp³-hybridized carbons (Fsp3) is 0.538. The highest BCUT2D eigenvalue weighted by Crippen LogP contribution is 2.26. The van der Waals surface area contributed by atoms with Crippen LogP contribution in [0.4, 0.5) is 11.4 Å². The Morgan fingerprint density at radius 1 is 1.26 bits per heavy atom. The largest absolute Gasteiger partial charge is 0.397 e. The maximum atomic E-state index is 12.0. The lowest BCUT2D eigenvalue weighted by Crippen LogP contribution is -2.26. The molecule has 0 atom stereocenters. The van der Waals surface area contributed by atoms with Gasteiger partial charge in [-0.25, -0.2) is 13.1 Å². The number of hydrogen-bond donors (Lipinski definition) is 2. The second kappa shape index (κ2) is 6.77. The average Bonchev–Trinajstić information content (AvgIpc) is 2.36. The van der Waals surface area contributed by atoms with Gasteiger partial charge < -0.3 is 10.6 Å². The molecule has 1 rings (SSSR count). The molecular weight excluding hydrogens is 262 g/mol. The fourth-order valence-corrected chi connectivity index (χ4v) is 3.02. The molecule has 0 saturated carbocycles. The first kappa shape index (κ1) is 15.8. The highest BCUT2D eigenvalue weighted by atomic mass is 32.2. The maximum Gasteiger partial charge on any atom is 0.240 e. The van der Waals surface area contributed by atoms with Crippen LogP contribution in [0.3, 0.4) is 0 Å². The zero-order valence-electron chi connectivity index (χ0n) is 11.8. The molecule has 0 amide bonds. The topological polar surface area (TPSA) is 75.4 Å². The molecule has 0 aliphatic rings. The number of sulfonamides is 1. The summed E-state index contributed by atoms with van der Waals surface area (Å²) in [5.41, 5.74) is 7.34. The van der Waals surface area contributed by atoms with E-state index in [9.17, 15) is 8.42 Å². The predicted octanol–water partition coefficient (Wildman–Crippen LogP) is 1.80. The van der Waals surface area contributed by atoms with Crippen LogP contribution >= 0.6 is 0 Å². The maximum absolute atomic E-state index is 12.0. The Balaban J connectivity index is 3.20. The molecule has 6 heteroatoms. The highest BCUT2D eigenvalue weighted by Gasteiger charge is 2.16. The number of nitrogens with two attached hydrogens (primary N) is 1. The van der Waals surface area contributed by atoms with Crippen LogP contribution in [0.25, 0.3) is 0 Å². The molecule has 0 saturated heterocycles. The predicted molar refractivity (Wildman–Crippen MR) is 79.9 cm³/mol. The fourth-order valence-electron chi connectivity index (χ4n) is 1.96. The van der Waals surface area contributed by atoms with E-state index in [1.807, 2.05) is 6.92 Å². The van der Waals surface area contributed by atoms with Crippen LogP contribution in [0, 0.1) is 0 Å². The van der Waals surface area contributed by atoms with E-state index in [0.29, 0.717) is 12.2 Å². The SMILES string of the molecule is CCCN(CC)c1cc(S(=O)(=O)NCC)ccc1N. The van der Waals surface area contributed by atoms with E-state index >= 15 is 0 Å². The molecule has 0 aliphatic carbocycles. The van der Waals surface area contributed by atoms with Crippen molar-refractivity contribution in [3.05, 3.63) is 18.2 Å². The number of anilines is 2. The van der Waals surface area contributed by atoms with E-state index in [4.69, 9.17) is 5.73 Å². The Hall–Kier alpha value is -1.27. The summed E-state index contributed by atoms with van der Waals surface area (Å²) in [6.45, 7) is 7.88. The van der Waals surface area contributed by atoms with Crippen molar-refractivity contribution in [3.8, 4) is 0 Å². The van der Waals surface area contributed by atoms with Crippen molar-refractivity contribution in [2.75, 3.05) is 30.3 Å². The molecular formula is C13H23N3O2S. The molecule has 1 aromatic carbocycles. The molecule has 108 valence electrons. The number of rotatable bonds is 7. The zero-order valence-corrected chi connectivity index (χ0v) is 12.6. The minimum atomic E-state index is -3.44. The monoisotopic (exact) mass is 285 g/mol. The Bertz CT molecular complexity index is 515. The van der Waals surface area contributed by atoms with Gasteiger partial charge in [0.05, 0.1) is 16.3 Å². The first-order valence-electron chi connectivity index (χ1n) is 6.60. The molecule has 1 aromatic rings. The van der Waals surface area contributed by atoms with Crippen LogP contribution in [-0.4, -0.2) is 28.1 Å². The summed E-state index contributed by atoms with van der Waals surface area (Å²) in [6, 6.07) is 4.83. The van der Waals surface area contributed by atoms with Crippen LogP contribution in [0.2, 0.25) is 0 Å². The molecule has 0 radical (unpaired) electrons. The number of benzene rings is 1. The van der Waals surface area contributed by atoms with Gasteiger partial charge in [0.2, 0.25) is 10.0 Å². The van der Waals surface area contributed by atoms with Crippen molar-refractivity contribution in [3.63, 3.8) is 0 Å². The van der Waals surface area contributed by atoms with Crippen molar-refractivity contribution < 1.29 is 8.42 Å². The van der Waals surface area contributed by atoms with Gasteiger partial charge >= 0.3 is 0 Å². The van der Waals surface area contributed by atoms with Crippen molar-refractivity contribution in [1.82, 2.24) is 4.72 Å². The van der Waals surface area contributed by atoms with Gasteiger partial charge in [-0.15, -0.1) is 0 Å². The van der Waals surface area contributed by atoms with Gasteiger partial charge in [0.25, 0.3) is 0 Å². The van der Waals surface area contributed by atoms with Gasteiger partial charge in [0.15, 0.2) is 0 Å². The number of nitrogen functional groups attached to an aromatic ring is 1. The molecule has 0 fully saturated rings. The molecule has 0 bridgehead atoms. The van der Waals surface area contributed by atoms with Gasteiger partial charge in [-0.3, -0.25) is 0 Å². The van der Waals surface area contributed by atoms with E-state index < -0.39 is 10.0 Å². The number of nitrogens with one attached hydrogen (secondary N) is 1. The summed E-state index contributed by atoms with van der Waals surface area (Å²) in [5.74, 6) is 0. The number of hydrogen-bond acceptors (Lipinski definition) is 4. The van der Waals surface area contributed by atoms with Crippen molar-refractivity contribution in [1.29, 1.82) is 0 Å². The summed E-state index contributed by atoms with van der Waals surface area (Å²) < 4.78 is 26.5. The van der Waals surface area contributed by atoms with Gasteiger partial charge in [-0.1, -0.05) is 13.8 Å². The van der Waals surface area contributed by atoms with E-state index in [-0.39, 0.29) is 4.90 Å². The van der Waals surface area contributed by atoms with Crippen molar-refractivity contribution in [2.45, 2.75) is 32.1 Å². The lowest BCUT2D eigenvalue weighted by atomic mass is 10.2. The Labute approximate surface area is 115 Å². The third-order valence-corrected chi connectivity index (χ3v) is 4.41. The molecule has 19 heavy (non-hydrogen) atoms. The lowest BCUT2D eigenvalue weighted by molar-refractivity contribution is 0.584. The summed E-state index contributed by atoms with van der Waals surface area (Å²) in [6.07, 6.45) is 0.984. The van der Waals surface area contributed by atoms with Crippen LogP contribution in [0.15, 0.2) is 23.1 Å². The smallest absolute Gasteiger partial charge is 0.240 e. The number of nitrogens with zero attached hydrogens (tertiary/aromatic N) is 1. The van der Waals surface area contributed by atoms with E-state index in [1.165, 1.54) is 6.07 Å². The molecule has 0 unspecified atom stereocenters. The second-order valence-electron chi connectivity index (χ2n) is 4.30. The minimum Gasteiger partial charge on any atom is -0.397 e. The molecule has 0 aliphatic heterocycles. The first-order valence-corrected chi connectivity index (χ1v) is 8.08. The second-order valence-corrected chi connectivity index (χ2v) is 6.07. The van der Waals surface area contributed by atoms with Crippen LogP contribution in [0.1, 0.15) is 27.2 Å². The molecule has 5 nitrogen and oxygen atoms in total. The quantitative estimate of drug-likeness (QED) is 0.749. The van der Waals surface area contributed by atoms with Gasteiger partial charge in [0.1, 0.15) is 0 Å². The van der Waals surface area contributed by atoms with Crippen molar-refractivity contribution in [2.24, 2.45) is 0 Å². The summed E-state index contributed by atoms with van der Waals surface area (Å²) in [7, 11) is -3.44. The third-order valence-electron chi connectivity index (χ3n) is 2.86. The standard InChI is InChI=1S/C13H23N3O2S/c1-4-9-16(6-3)13-10-11(7-8-12(13)14)19(17,18)15-5-2/h7-8,10,15H,4-6,9,14H2,1-3H3. The van der Waals surface area contributed by atoms with Crippen LogP contribution in [-0.2, 0) is 10.0 Å². The zero-order chi connectivity index (χ0) is 14.5. The average molecular weight is 285 g/mol. The van der Waals surface area contributed by atoms with Crippen LogP contribution in [0.5, 0.6) is 0 Å². The molecule has 0 aromatic heterocycles. The Morgan fingerprint density at radius 2 is 1.95 bits per heavy atom. The first-order chi connectivity index (χ1) is 8.96. The normalized spacial score (nSPS) is 11.5. The third kappa shape index (κ3) is 3.84. The minimum absolute atomic E-state index is 0.258. The van der Waals surface area contributed by atoms with Crippen molar-refractivity contribution >= 4 is 21.4 Å². The summed E-state index contributed by atoms with van der Waals surface area (Å²) in [5, 5.41) is 0. The van der Waals surface area contributed by atoms with Gasteiger partial charge in [-0.05, 0) is 31.5 Å². The summed E-state index contributed by atoms with van der Waals surface area (Å²) in [4.78, 5) is 2.34. The molecule has 0 heterocycles. The lowest BCUT2D eigenvalue weighted by Gasteiger charge is -2.24. The van der Waals surface area contributed by atoms with Gasteiger partial charge in [0, 0.05) is 19.6 Å². The highest BCUT2D eigenvalue weighted by molar-refractivity contribution is 7.89. The van der Waals surface area contributed by atoms with E-state index in [2.05, 4.69) is 16.5 Å². The molecule has 3 N–H and O–H groups in total.